The Balaban J connectivity index is 1.92. The van der Waals surface area contributed by atoms with Crippen molar-refractivity contribution in [3.05, 3.63) is 71.1 Å². The standard InChI is InChI=1S/C18H20BN2/c1-13-7-5-8-14(2)17(13)20-11-12-21(19-20)18-15(3)9-6-10-16(18)4/h5-12H,1-4H3. The first-order chi connectivity index (χ1) is 10.1. The van der Waals surface area contributed by atoms with E-state index in [9.17, 15) is 0 Å². The number of nitrogens with zero attached hydrogens (tertiary/aromatic N) is 2. The summed E-state index contributed by atoms with van der Waals surface area (Å²) < 4.78 is 0. The number of anilines is 2. The zero-order valence-corrected chi connectivity index (χ0v) is 13.1. The van der Waals surface area contributed by atoms with Crippen molar-refractivity contribution < 1.29 is 0 Å². The maximum atomic E-state index is 2.20. The van der Waals surface area contributed by atoms with E-state index in [1.54, 1.807) is 0 Å². The van der Waals surface area contributed by atoms with Gasteiger partial charge in [0.25, 0.3) is 0 Å². The van der Waals surface area contributed by atoms with Crippen LogP contribution in [0, 0.1) is 27.7 Å². The van der Waals surface area contributed by atoms with Crippen molar-refractivity contribution in [3.8, 4) is 0 Å². The fourth-order valence-corrected chi connectivity index (χ4v) is 3.05. The van der Waals surface area contributed by atoms with Crippen LogP contribution in [-0.2, 0) is 0 Å². The van der Waals surface area contributed by atoms with Gasteiger partial charge in [-0.3, -0.25) is 0 Å². The fraction of sp³-hybridized carbons (Fsp3) is 0.222. The zero-order valence-electron chi connectivity index (χ0n) is 13.1. The molecule has 0 spiro atoms. The lowest BCUT2D eigenvalue weighted by atomic mass is 9.98. The van der Waals surface area contributed by atoms with Crippen LogP contribution in [0.25, 0.3) is 0 Å². The smallest absolute Gasteiger partial charge is 0.373 e. The Bertz CT molecular complexity index is 606. The predicted octanol–water partition coefficient (Wildman–Crippen LogP) is 4.25. The SMILES string of the molecule is Cc1cccc(C)c1N1[B]N(c2c(C)cccc2C)C=C1. The Morgan fingerprint density at radius 3 is 1.29 bits per heavy atom. The molecule has 0 fully saturated rings. The number of rotatable bonds is 2. The van der Waals surface area contributed by atoms with E-state index >= 15 is 0 Å². The van der Waals surface area contributed by atoms with Gasteiger partial charge in [0.15, 0.2) is 0 Å². The summed E-state index contributed by atoms with van der Waals surface area (Å²) in [5.41, 5.74) is 7.70. The molecular weight excluding hydrogens is 255 g/mol. The lowest BCUT2D eigenvalue weighted by molar-refractivity contribution is 1.28. The van der Waals surface area contributed by atoms with Crippen molar-refractivity contribution in [2.75, 3.05) is 9.62 Å². The molecule has 2 aromatic rings. The zero-order chi connectivity index (χ0) is 15.0. The molecule has 1 heterocycles. The summed E-state index contributed by atoms with van der Waals surface area (Å²) in [5, 5.41) is 0. The van der Waals surface area contributed by atoms with Crippen molar-refractivity contribution in [1.29, 1.82) is 0 Å². The van der Waals surface area contributed by atoms with Crippen molar-refractivity contribution >= 4 is 18.9 Å². The van der Waals surface area contributed by atoms with Gasteiger partial charge in [0.2, 0.25) is 0 Å². The van der Waals surface area contributed by atoms with Crippen LogP contribution in [0.15, 0.2) is 48.8 Å². The molecule has 2 aromatic carbocycles. The molecule has 1 aliphatic rings. The third-order valence-corrected chi connectivity index (χ3v) is 4.03. The molecule has 1 aliphatic heterocycles. The summed E-state index contributed by atoms with van der Waals surface area (Å²) in [6.45, 7) is 8.63. The second kappa shape index (κ2) is 5.32. The van der Waals surface area contributed by atoms with E-state index in [4.69, 9.17) is 0 Å². The number of para-hydroxylation sites is 2. The third-order valence-electron chi connectivity index (χ3n) is 4.03. The van der Waals surface area contributed by atoms with Gasteiger partial charge in [0.1, 0.15) is 0 Å². The molecule has 1 radical (unpaired) electrons. The van der Waals surface area contributed by atoms with Crippen LogP contribution in [0.5, 0.6) is 0 Å². The molecule has 3 rings (SSSR count). The van der Waals surface area contributed by atoms with Crippen LogP contribution < -0.4 is 9.62 Å². The number of hydrogen-bond acceptors (Lipinski definition) is 2. The van der Waals surface area contributed by atoms with Crippen molar-refractivity contribution in [2.24, 2.45) is 0 Å². The number of hydrogen-bond donors (Lipinski definition) is 0. The summed E-state index contributed by atoms with van der Waals surface area (Å²) in [6, 6.07) is 12.9. The lowest BCUT2D eigenvalue weighted by Gasteiger charge is -2.24. The number of aryl methyl sites for hydroxylation is 4. The second-order valence-corrected chi connectivity index (χ2v) is 5.71. The first-order valence-corrected chi connectivity index (χ1v) is 7.30. The van der Waals surface area contributed by atoms with Gasteiger partial charge in [-0.15, -0.1) is 0 Å². The molecule has 0 atom stereocenters. The predicted molar refractivity (Wildman–Crippen MR) is 91.7 cm³/mol. The highest BCUT2D eigenvalue weighted by Gasteiger charge is 2.22. The van der Waals surface area contributed by atoms with Gasteiger partial charge in [0, 0.05) is 23.8 Å². The van der Waals surface area contributed by atoms with Gasteiger partial charge in [-0.1, -0.05) is 36.4 Å². The maximum Gasteiger partial charge on any atom is 0.400 e. The van der Waals surface area contributed by atoms with E-state index in [-0.39, 0.29) is 0 Å². The molecule has 105 valence electrons. The Morgan fingerprint density at radius 1 is 0.619 bits per heavy atom. The van der Waals surface area contributed by atoms with Crippen LogP contribution in [-0.4, -0.2) is 7.55 Å². The summed E-state index contributed by atoms with van der Waals surface area (Å²) in [5.74, 6) is 0. The molecule has 0 saturated carbocycles. The Hall–Kier alpha value is -2.16. The maximum absolute atomic E-state index is 2.20. The van der Waals surface area contributed by atoms with Crippen LogP contribution in [0.1, 0.15) is 22.3 Å². The first kappa shape index (κ1) is 13.8. The third kappa shape index (κ3) is 2.44. The molecule has 3 heteroatoms. The van der Waals surface area contributed by atoms with Crippen molar-refractivity contribution in [1.82, 2.24) is 0 Å². The molecule has 0 aliphatic carbocycles. The lowest BCUT2D eigenvalue weighted by Crippen LogP contribution is -2.31. The highest BCUT2D eigenvalue weighted by Crippen LogP contribution is 2.31. The van der Waals surface area contributed by atoms with Crippen LogP contribution in [0.2, 0.25) is 0 Å². The largest absolute Gasteiger partial charge is 0.400 e. The molecule has 21 heavy (non-hydrogen) atoms. The molecule has 2 nitrogen and oxygen atoms in total. The minimum Gasteiger partial charge on any atom is -0.373 e. The van der Waals surface area contributed by atoms with Gasteiger partial charge in [-0.2, -0.15) is 0 Å². The van der Waals surface area contributed by atoms with Gasteiger partial charge in [0.05, 0.1) is 0 Å². The van der Waals surface area contributed by atoms with Gasteiger partial charge < -0.3 is 9.62 Å². The molecule has 0 unspecified atom stereocenters. The summed E-state index contributed by atoms with van der Waals surface area (Å²) in [4.78, 5) is 4.41. The van der Waals surface area contributed by atoms with Gasteiger partial charge in [-0.25, -0.2) is 0 Å². The minimum atomic E-state index is 1.27. The van der Waals surface area contributed by atoms with E-state index in [0.29, 0.717) is 0 Å². The van der Waals surface area contributed by atoms with Gasteiger partial charge >= 0.3 is 7.55 Å². The highest BCUT2D eigenvalue weighted by molar-refractivity contribution is 6.50. The monoisotopic (exact) mass is 275 g/mol. The first-order valence-electron chi connectivity index (χ1n) is 7.30. The van der Waals surface area contributed by atoms with E-state index in [1.807, 2.05) is 0 Å². The molecular formula is C18H20BN2. The quantitative estimate of drug-likeness (QED) is 0.756. The molecule has 0 bridgehead atoms. The van der Waals surface area contributed by atoms with Crippen LogP contribution in [0.3, 0.4) is 0 Å². The van der Waals surface area contributed by atoms with Crippen molar-refractivity contribution in [2.45, 2.75) is 27.7 Å². The van der Waals surface area contributed by atoms with Crippen molar-refractivity contribution in [3.63, 3.8) is 0 Å². The molecule has 0 aromatic heterocycles. The Labute approximate surface area is 128 Å². The van der Waals surface area contributed by atoms with Crippen LogP contribution in [0.4, 0.5) is 11.4 Å². The highest BCUT2D eigenvalue weighted by atomic mass is 15.2. The average Bonchev–Trinajstić information content (AvgIpc) is 2.87. The Kier molecular flexibility index (Phi) is 3.50. The topological polar surface area (TPSA) is 6.48 Å². The van der Waals surface area contributed by atoms with E-state index in [1.165, 1.54) is 33.6 Å². The molecule has 0 saturated heterocycles. The van der Waals surface area contributed by atoms with E-state index < -0.39 is 0 Å². The minimum absolute atomic E-state index is 1.27. The summed E-state index contributed by atoms with van der Waals surface area (Å²) >= 11 is 0. The average molecular weight is 275 g/mol. The summed E-state index contributed by atoms with van der Waals surface area (Å²) in [7, 11) is 2.16. The summed E-state index contributed by atoms with van der Waals surface area (Å²) in [6.07, 6.45) is 4.25. The normalized spacial score (nSPS) is 13.7. The Morgan fingerprint density at radius 2 is 0.952 bits per heavy atom. The fourth-order valence-electron chi connectivity index (χ4n) is 3.05. The molecule has 0 N–H and O–H groups in total. The van der Waals surface area contributed by atoms with E-state index in [0.717, 1.165) is 0 Å². The number of benzene rings is 2. The van der Waals surface area contributed by atoms with Crippen LogP contribution >= 0.6 is 0 Å². The second-order valence-electron chi connectivity index (χ2n) is 5.71. The van der Waals surface area contributed by atoms with E-state index in [2.05, 4.69) is 93.7 Å². The molecule has 0 amide bonds. The van der Waals surface area contributed by atoms with Gasteiger partial charge in [-0.05, 0) is 49.9 Å².